The summed E-state index contributed by atoms with van der Waals surface area (Å²) < 4.78 is 3.54. The Hall–Kier alpha value is -2.54. The molecule has 1 amide bonds. The standard InChI is InChI=1S/C22H28N4O2S/c1-5-12-26-21(28)20-19(17(13-25(20)4)16-10-8-7-9-11-16)24-22(26)29-14-18(27)23-15(3)6-2/h7-11,13,15H,5-6,12,14H2,1-4H3,(H,23,27)/t15-/m1/s1. The lowest BCUT2D eigenvalue weighted by molar-refractivity contribution is -0.119. The van der Waals surface area contributed by atoms with Crippen molar-refractivity contribution in [2.45, 2.75) is 51.4 Å². The zero-order chi connectivity index (χ0) is 21.0. The zero-order valence-corrected chi connectivity index (χ0v) is 18.3. The van der Waals surface area contributed by atoms with E-state index >= 15 is 0 Å². The van der Waals surface area contributed by atoms with Gasteiger partial charge in [0.2, 0.25) is 5.91 Å². The molecule has 3 aromatic rings. The highest BCUT2D eigenvalue weighted by molar-refractivity contribution is 7.99. The SMILES string of the molecule is CCCn1c(SCC(=O)N[C@H](C)CC)nc2c(-c3ccccc3)cn(C)c2c1=O. The van der Waals surface area contributed by atoms with Crippen LogP contribution in [0.5, 0.6) is 0 Å². The fourth-order valence-corrected chi connectivity index (χ4v) is 4.09. The molecule has 6 nitrogen and oxygen atoms in total. The summed E-state index contributed by atoms with van der Waals surface area (Å²) in [6.07, 6.45) is 3.65. The molecule has 0 aliphatic carbocycles. The van der Waals surface area contributed by atoms with Gasteiger partial charge in [0.15, 0.2) is 5.16 Å². The Balaban J connectivity index is 2.05. The quantitative estimate of drug-likeness (QED) is 0.451. The normalized spacial score (nSPS) is 12.3. The Labute approximate surface area is 175 Å². The number of rotatable bonds is 8. The Morgan fingerprint density at radius 1 is 1.24 bits per heavy atom. The Morgan fingerprint density at radius 2 is 1.97 bits per heavy atom. The number of carbonyl (C=O) groups excluding carboxylic acids is 1. The van der Waals surface area contributed by atoms with Crippen LogP contribution < -0.4 is 10.9 Å². The fraction of sp³-hybridized carbons (Fsp3) is 0.409. The van der Waals surface area contributed by atoms with Crippen molar-refractivity contribution in [3.05, 3.63) is 46.9 Å². The van der Waals surface area contributed by atoms with Gasteiger partial charge in [-0.1, -0.05) is 55.9 Å². The van der Waals surface area contributed by atoms with Gasteiger partial charge >= 0.3 is 0 Å². The Kier molecular flexibility index (Phi) is 6.79. The summed E-state index contributed by atoms with van der Waals surface area (Å²) in [4.78, 5) is 30.4. The summed E-state index contributed by atoms with van der Waals surface area (Å²) in [5.74, 6) is 0.192. The highest BCUT2D eigenvalue weighted by Gasteiger charge is 2.19. The number of aryl methyl sites for hydroxylation is 1. The second-order valence-electron chi connectivity index (χ2n) is 7.23. The van der Waals surface area contributed by atoms with Gasteiger partial charge < -0.3 is 9.88 Å². The molecule has 0 fully saturated rings. The predicted octanol–water partition coefficient (Wildman–Crippen LogP) is 3.82. The summed E-state index contributed by atoms with van der Waals surface area (Å²) in [6.45, 7) is 6.62. The largest absolute Gasteiger partial charge is 0.353 e. The molecule has 0 saturated carbocycles. The van der Waals surface area contributed by atoms with Crippen molar-refractivity contribution >= 4 is 28.7 Å². The lowest BCUT2D eigenvalue weighted by atomic mass is 10.1. The molecule has 0 aliphatic heterocycles. The van der Waals surface area contributed by atoms with E-state index in [1.165, 1.54) is 11.8 Å². The number of carbonyl (C=O) groups is 1. The molecule has 0 bridgehead atoms. The van der Waals surface area contributed by atoms with E-state index in [1.54, 1.807) is 4.57 Å². The van der Waals surface area contributed by atoms with Gasteiger partial charge in [-0.25, -0.2) is 4.98 Å². The van der Waals surface area contributed by atoms with Crippen molar-refractivity contribution in [1.82, 2.24) is 19.4 Å². The number of hydrogen-bond donors (Lipinski definition) is 1. The molecule has 7 heteroatoms. The summed E-state index contributed by atoms with van der Waals surface area (Å²) in [7, 11) is 1.88. The van der Waals surface area contributed by atoms with E-state index < -0.39 is 0 Å². The lowest BCUT2D eigenvalue weighted by Gasteiger charge is -2.13. The van der Waals surface area contributed by atoms with Crippen LogP contribution in [0.1, 0.15) is 33.6 Å². The maximum absolute atomic E-state index is 13.3. The average Bonchev–Trinajstić information content (AvgIpc) is 3.05. The average molecular weight is 413 g/mol. The minimum absolute atomic E-state index is 0.0434. The number of amides is 1. The minimum Gasteiger partial charge on any atom is -0.353 e. The molecular weight excluding hydrogens is 384 g/mol. The molecule has 0 aliphatic rings. The number of nitrogens with one attached hydrogen (secondary N) is 1. The molecule has 0 radical (unpaired) electrons. The van der Waals surface area contributed by atoms with E-state index in [4.69, 9.17) is 4.98 Å². The molecule has 2 aromatic heterocycles. The van der Waals surface area contributed by atoms with Gasteiger partial charge in [-0.2, -0.15) is 0 Å². The lowest BCUT2D eigenvalue weighted by Crippen LogP contribution is -2.33. The van der Waals surface area contributed by atoms with Crippen LogP contribution in [0.2, 0.25) is 0 Å². The number of fused-ring (bicyclic) bond motifs is 1. The molecule has 0 spiro atoms. The van der Waals surface area contributed by atoms with Crippen molar-refractivity contribution in [3.63, 3.8) is 0 Å². The van der Waals surface area contributed by atoms with Gasteiger partial charge in [0, 0.05) is 31.4 Å². The molecule has 2 heterocycles. The molecule has 0 unspecified atom stereocenters. The third-order valence-corrected chi connectivity index (χ3v) is 5.90. The molecule has 1 N–H and O–H groups in total. The first-order chi connectivity index (χ1) is 14.0. The van der Waals surface area contributed by atoms with Crippen LogP contribution in [0.3, 0.4) is 0 Å². The van der Waals surface area contributed by atoms with E-state index in [-0.39, 0.29) is 23.3 Å². The number of thioether (sulfide) groups is 1. The van der Waals surface area contributed by atoms with Gasteiger partial charge in [-0.3, -0.25) is 14.2 Å². The van der Waals surface area contributed by atoms with E-state index in [1.807, 2.05) is 68.9 Å². The molecule has 154 valence electrons. The van der Waals surface area contributed by atoms with Gasteiger partial charge in [-0.05, 0) is 25.3 Å². The van der Waals surface area contributed by atoms with Crippen LogP contribution in [0.15, 0.2) is 46.5 Å². The van der Waals surface area contributed by atoms with Crippen molar-refractivity contribution in [2.24, 2.45) is 7.05 Å². The first-order valence-corrected chi connectivity index (χ1v) is 11.0. The number of nitrogens with zero attached hydrogens (tertiary/aromatic N) is 3. The monoisotopic (exact) mass is 412 g/mol. The van der Waals surface area contributed by atoms with Crippen molar-refractivity contribution in [2.75, 3.05) is 5.75 Å². The van der Waals surface area contributed by atoms with Crippen LogP contribution >= 0.6 is 11.8 Å². The number of hydrogen-bond acceptors (Lipinski definition) is 4. The van der Waals surface area contributed by atoms with Gasteiger partial charge in [-0.15, -0.1) is 0 Å². The smallest absolute Gasteiger partial charge is 0.278 e. The molecule has 0 saturated heterocycles. The maximum Gasteiger partial charge on any atom is 0.278 e. The van der Waals surface area contributed by atoms with Crippen LogP contribution in [0, 0.1) is 0 Å². The summed E-state index contributed by atoms with van der Waals surface area (Å²) in [6, 6.07) is 10.1. The second-order valence-corrected chi connectivity index (χ2v) is 8.18. The third-order valence-electron chi connectivity index (χ3n) is 4.93. The van der Waals surface area contributed by atoms with Crippen molar-refractivity contribution in [1.29, 1.82) is 0 Å². The first-order valence-electron chi connectivity index (χ1n) is 10.0. The summed E-state index contributed by atoms with van der Waals surface area (Å²) >= 11 is 1.32. The molecular formula is C22H28N4O2S. The van der Waals surface area contributed by atoms with Gasteiger partial charge in [0.1, 0.15) is 11.0 Å². The van der Waals surface area contributed by atoms with Crippen LogP contribution in [-0.4, -0.2) is 31.8 Å². The molecule has 1 atom stereocenters. The Morgan fingerprint density at radius 3 is 2.62 bits per heavy atom. The van der Waals surface area contributed by atoms with Crippen LogP contribution in [0.4, 0.5) is 0 Å². The van der Waals surface area contributed by atoms with Crippen LogP contribution in [0.25, 0.3) is 22.2 Å². The second kappa shape index (κ2) is 9.31. The highest BCUT2D eigenvalue weighted by atomic mass is 32.2. The third kappa shape index (κ3) is 4.56. The van der Waals surface area contributed by atoms with E-state index in [0.29, 0.717) is 22.7 Å². The minimum atomic E-state index is -0.0636. The zero-order valence-electron chi connectivity index (χ0n) is 17.4. The maximum atomic E-state index is 13.3. The predicted molar refractivity (Wildman–Crippen MR) is 119 cm³/mol. The number of benzene rings is 1. The highest BCUT2D eigenvalue weighted by Crippen LogP contribution is 2.29. The molecule has 1 aromatic carbocycles. The van der Waals surface area contributed by atoms with E-state index in [9.17, 15) is 9.59 Å². The first kappa shape index (κ1) is 21.2. The van der Waals surface area contributed by atoms with E-state index in [0.717, 1.165) is 24.0 Å². The molecule has 3 rings (SSSR count). The van der Waals surface area contributed by atoms with Crippen LogP contribution in [-0.2, 0) is 18.4 Å². The van der Waals surface area contributed by atoms with Gasteiger partial charge in [0.05, 0.1) is 5.75 Å². The van der Waals surface area contributed by atoms with Crippen molar-refractivity contribution < 1.29 is 4.79 Å². The molecule has 29 heavy (non-hydrogen) atoms. The van der Waals surface area contributed by atoms with E-state index in [2.05, 4.69) is 5.32 Å². The fourth-order valence-electron chi connectivity index (χ4n) is 3.26. The topological polar surface area (TPSA) is 68.9 Å². The van der Waals surface area contributed by atoms with Gasteiger partial charge in [0.25, 0.3) is 5.56 Å². The summed E-state index contributed by atoms with van der Waals surface area (Å²) in [5, 5.41) is 3.56. The number of aromatic nitrogens is 3. The van der Waals surface area contributed by atoms with Crippen molar-refractivity contribution in [3.8, 4) is 11.1 Å². The Bertz CT molecular complexity index is 1060. The summed E-state index contributed by atoms with van der Waals surface area (Å²) in [5.41, 5.74) is 3.15.